The number of anilines is 1. The fourth-order valence-electron chi connectivity index (χ4n) is 2.80. The van der Waals surface area contributed by atoms with Crippen molar-refractivity contribution in [1.82, 2.24) is 4.98 Å². The molecule has 4 nitrogen and oxygen atoms in total. The summed E-state index contributed by atoms with van der Waals surface area (Å²) in [6, 6.07) is 4.14. The van der Waals surface area contributed by atoms with Crippen LogP contribution in [0.2, 0.25) is 0 Å². The maximum absolute atomic E-state index is 6.09. The quantitative estimate of drug-likeness (QED) is 0.890. The molecule has 0 unspecified atom stereocenters. The third-order valence-electron chi connectivity index (χ3n) is 3.32. The molecule has 0 radical (unpaired) electrons. The van der Waals surface area contributed by atoms with Crippen molar-refractivity contribution in [2.24, 2.45) is 5.73 Å². The van der Waals surface area contributed by atoms with Crippen LogP contribution in [0.3, 0.4) is 0 Å². The van der Waals surface area contributed by atoms with Gasteiger partial charge in [-0.25, -0.2) is 4.98 Å². The molecule has 1 atom stereocenters. The lowest BCUT2D eigenvalue weighted by molar-refractivity contribution is -0.133. The Morgan fingerprint density at radius 1 is 1.21 bits per heavy atom. The van der Waals surface area contributed by atoms with Gasteiger partial charge < -0.3 is 15.4 Å². The Balaban J connectivity index is 2.21. The van der Waals surface area contributed by atoms with Gasteiger partial charge in [0.25, 0.3) is 0 Å². The van der Waals surface area contributed by atoms with Crippen LogP contribution in [0, 0.1) is 0 Å². The molecule has 0 saturated carbocycles. The van der Waals surface area contributed by atoms with Crippen LogP contribution in [0.25, 0.3) is 0 Å². The zero-order valence-electron chi connectivity index (χ0n) is 12.6. The Hall–Kier alpha value is -1.13. The topological polar surface area (TPSA) is 51.4 Å². The van der Waals surface area contributed by atoms with Gasteiger partial charge in [0.1, 0.15) is 5.82 Å². The molecule has 19 heavy (non-hydrogen) atoms. The summed E-state index contributed by atoms with van der Waals surface area (Å²) in [7, 11) is 0. The van der Waals surface area contributed by atoms with Crippen LogP contribution in [0.4, 0.5) is 5.82 Å². The smallest absolute Gasteiger partial charge is 0.128 e. The van der Waals surface area contributed by atoms with E-state index in [9.17, 15) is 0 Å². The number of pyridine rings is 1. The number of ether oxygens (including phenoxy) is 1. The lowest BCUT2D eigenvalue weighted by atomic mass is 9.99. The summed E-state index contributed by atoms with van der Waals surface area (Å²) < 4.78 is 6.09. The molecule has 1 fully saturated rings. The van der Waals surface area contributed by atoms with Crippen LogP contribution >= 0.6 is 0 Å². The van der Waals surface area contributed by atoms with Crippen molar-refractivity contribution < 1.29 is 4.74 Å². The fraction of sp³-hybridized carbons (Fsp3) is 0.667. The van der Waals surface area contributed by atoms with Gasteiger partial charge in [-0.05, 0) is 46.2 Å². The average molecular weight is 263 g/mol. The van der Waals surface area contributed by atoms with Gasteiger partial charge in [0, 0.05) is 25.3 Å². The van der Waals surface area contributed by atoms with Crippen molar-refractivity contribution in [2.75, 3.05) is 18.0 Å². The monoisotopic (exact) mass is 263 g/mol. The van der Waals surface area contributed by atoms with E-state index in [0.717, 1.165) is 24.5 Å². The molecule has 0 spiro atoms. The van der Waals surface area contributed by atoms with Gasteiger partial charge in [-0.15, -0.1) is 0 Å². The molecule has 4 heteroatoms. The Labute approximate surface area is 116 Å². The van der Waals surface area contributed by atoms with Gasteiger partial charge >= 0.3 is 0 Å². The first-order valence-corrected chi connectivity index (χ1v) is 6.85. The molecule has 2 N–H and O–H groups in total. The summed E-state index contributed by atoms with van der Waals surface area (Å²) in [5.74, 6) is 0.994. The molecule has 1 saturated heterocycles. The molecule has 0 bridgehead atoms. The van der Waals surface area contributed by atoms with E-state index in [1.165, 1.54) is 0 Å². The van der Waals surface area contributed by atoms with Crippen molar-refractivity contribution in [3.63, 3.8) is 0 Å². The van der Waals surface area contributed by atoms with E-state index in [1.807, 2.05) is 13.1 Å². The van der Waals surface area contributed by atoms with E-state index < -0.39 is 0 Å². The highest BCUT2D eigenvalue weighted by atomic mass is 16.5. The minimum Gasteiger partial charge on any atom is -0.366 e. The van der Waals surface area contributed by atoms with E-state index in [-0.39, 0.29) is 17.2 Å². The van der Waals surface area contributed by atoms with Crippen molar-refractivity contribution in [1.29, 1.82) is 0 Å². The van der Waals surface area contributed by atoms with Gasteiger partial charge in [0.2, 0.25) is 0 Å². The second-order valence-electron chi connectivity index (χ2n) is 6.72. The van der Waals surface area contributed by atoms with Crippen molar-refractivity contribution in [2.45, 2.75) is 51.9 Å². The van der Waals surface area contributed by atoms with Gasteiger partial charge in [0.15, 0.2) is 0 Å². The number of aromatic nitrogens is 1. The molecule has 0 aromatic carbocycles. The Morgan fingerprint density at radius 2 is 1.79 bits per heavy atom. The molecule has 0 amide bonds. The lowest BCUT2D eigenvalue weighted by Gasteiger charge is -2.47. The van der Waals surface area contributed by atoms with Crippen LogP contribution in [0.15, 0.2) is 18.3 Å². The molecule has 1 aromatic heterocycles. The van der Waals surface area contributed by atoms with Crippen LogP contribution in [-0.2, 0) is 4.74 Å². The molecule has 1 aliphatic heterocycles. The van der Waals surface area contributed by atoms with E-state index in [2.05, 4.69) is 49.7 Å². The first-order valence-electron chi connectivity index (χ1n) is 6.85. The van der Waals surface area contributed by atoms with Gasteiger partial charge in [-0.3, -0.25) is 0 Å². The summed E-state index contributed by atoms with van der Waals surface area (Å²) in [6.45, 7) is 12.2. The van der Waals surface area contributed by atoms with Gasteiger partial charge in [-0.2, -0.15) is 0 Å². The highest BCUT2D eigenvalue weighted by Crippen LogP contribution is 2.30. The number of hydrogen-bond acceptors (Lipinski definition) is 4. The first kappa shape index (κ1) is 14.3. The van der Waals surface area contributed by atoms with E-state index in [0.29, 0.717) is 0 Å². The van der Waals surface area contributed by atoms with E-state index >= 15 is 0 Å². The predicted octanol–water partition coefficient (Wildman–Crippen LogP) is 2.50. The van der Waals surface area contributed by atoms with Crippen molar-refractivity contribution in [3.05, 3.63) is 23.9 Å². The molecule has 1 aromatic rings. The molecule has 1 aliphatic rings. The third-order valence-corrected chi connectivity index (χ3v) is 3.32. The largest absolute Gasteiger partial charge is 0.366 e. The molecular weight excluding hydrogens is 238 g/mol. The van der Waals surface area contributed by atoms with Crippen LogP contribution < -0.4 is 10.6 Å². The molecule has 106 valence electrons. The van der Waals surface area contributed by atoms with Gasteiger partial charge in [0.05, 0.1) is 11.2 Å². The maximum atomic E-state index is 6.09. The van der Waals surface area contributed by atoms with Gasteiger partial charge in [-0.1, -0.05) is 6.07 Å². The Morgan fingerprint density at radius 3 is 2.21 bits per heavy atom. The molecule has 2 heterocycles. The highest BCUT2D eigenvalue weighted by Gasteiger charge is 2.38. The normalized spacial score (nSPS) is 23.2. The number of hydrogen-bond donors (Lipinski definition) is 1. The first-order chi connectivity index (χ1) is 8.69. The fourth-order valence-corrected chi connectivity index (χ4v) is 2.80. The summed E-state index contributed by atoms with van der Waals surface area (Å²) in [6.07, 6.45) is 1.87. The SMILES string of the molecule is C[C@@H](N)c1ccc(N2CC(C)(C)OC(C)(C)C2)nc1. The second-order valence-corrected chi connectivity index (χ2v) is 6.72. The summed E-state index contributed by atoms with van der Waals surface area (Å²) in [5.41, 5.74) is 6.59. The Bertz CT molecular complexity index is 421. The number of morpholine rings is 1. The zero-order chi connectivity index (χ0) is 14.3. The number of nitrogens with zero attached hydrogens (tertiary/aromatic N) is 2. The molecule has 0 aliphatic carbocycles. The number of nitrogens with two attached hydrogens (primary N) is 1. The summed E-state index contributed by atoms with van der Waals surface area (Å²) in [4.78, 5) is 6.83. The minimum atomic E-state index is -0.163. The zero-order valence-corrected chi connectivity index (χ0v) is 12.6. The van der Waals surface area contributed by atoms with E-state index in [1.54, 1.807) is 0 Å². The van der Waals surface area contributed by atoms with Crippen molar-refractivity contribution >= 4 is 5.82 Å². The predicted molar refractivity (Wildman–Crippen MR) is 78.3 cm³/mol. The maximum Gasteiger partial charge on any atom is 0.128 e. The van der Waals surface area contributed by atoms with Crippen molar-refractivity contribution in [3.8, 4) is 0 Å². The van der Waals surface area contributed by atoms with Crippen LogP contribution in [-0.4, -0.2) is 29.3 Å². The van der Waals surface area contributed by atoms with E-state index in [4.69, 9.17) is 10.5 Å². The molecule has 2 rings (SSSR count). The standard InChI is InChI=1S/C15H25N3O/c1-11(16)12-6-7-13(17-8-12)18-9-14(2,3)19-15(4,5)10-18/h6-8,11H,9-10,16H2,1-5H3/t11-/m1/s1. The Kier molecular flexibility index (Phi) is 3.58. The number of rotatable bonds is 2. The third kappa shape index (κ3) is 3.45. The molecular formula is C15H25N3O. The second kappa shape index (κ2) is 4.76. The summed E-state index contributed by atoms with van der Waals surface area (Å²) in [5, 5.41) is 0. The lowest BCUT2D eigenvalue weighted by Crippen LogP contribution is -2.57. The summed E-state index contributed by atoms with van der Waals surface area (Å²) >= 11 is 0. The highest BCUT2D eigenvalue weighted by molar-refractivity contribution is 5.41. The average Bonchev–Trinajstić information content (AvgIpc) is 2.25. The van der Waals surface area contributed by atoms with Crippen LogP contribution in [0.5, 0.6) is 0 Å². The minimum absolute atomic E-state index is 0.0270. The van der Waals surface area contributed by atoms with Crippen LogP contribution in [0.1, 0.15) is 46.2 Å².